The minimum atomic E-state index is -0.651. The fourth-order valence-electron chi connectivity index (χ4n) is 0.711. The number of ether oxygens (including phenoxy) is 2. The maximum Gasteiger partial charge on any atom is 0.407 e. The van der Waals surface area contributed by atoms with Gasteiger partial charge in [-0.3, -0.25) is 4.79 Å². The van der Waals surface area contributed by atoms with Crippen molar-refractivity contribution in [2.45, 2.75) is 19.8 Å². The third kappa shape index (κ3) is 8.80. The summed E-state index contributed by atoms with van der Waals surface area (Å²) in [7, 11) is 0. The van der Waals surface area contributed by atoms with Gasteiger partial charge in [0.05, 0.1) is 6.61 Å². The van der Waals surface area contributed by atoms with E-state index in [1.807, 2.05) is 6.92 Å². The maximum atomic E-state index is 11.0. The number of alkyl carbamates (subject to hydrolysis) is 1. The van der Waals surface area contributed by atoms with Crippen molar-refractivity contribution < 1.29 is 19.1 Å². The highest BCUT2D eigenvalue weighted by Crippen LogP contribution is 1.88. The molecule has 0 aromatic heterocycles. The van der Waals surface area contributed by atoms with Crippen LogP contribution in [0, 0.1) is 0 Å². The van der Waals surface area contributed by atoms with Gasteiger partial charge in [0.25, 0.3) is 0 Å². The number of rotatable bonds is 7. The highest BCUT2D eigenvalue weighted by atomic mass is 16.6. The molecule has 0 saturated carbocycles. The standard InChI is InChI=1S/C10H17NO4/c1-3-5-7-14-9(12)8-11-10(13)15-6-4-2/h4H,2-3,5-8H2,1H3,(H,11,13). The molecule has 0 aliphatic heterocycles. The minimum absolute atomic E-state index is 0.122. The molecule has 0 saturated heterocycles. The summed E-state index contributed by atoms with van der Waals surface area (Å²) in [5, 5.41) is 2.26. The summed E-state index contributed by atoms with van der Waals surface area (Å²) in [5.74, 6) is -0.459. The van der Waals surface area contributed by atoms with Crippen molar-refractivity contribution in [2.24, 2.45) is 0 Å². The Labute approximate surface area is 89.4 Å². The quantitative estimate of drug-likeness (QED) is 0.394. The Morgan fingerprint density at radius 2 is 2.13 bits per heavy atom. The Bertz CT molecular complexity index is 215. The molecule has 0 aromatic carbocycles. The molecule has 0 radical (unpaired) electrons. The second-order valence-electron chi connectivity index (χ2n) is 2.81. The number of nitrogens with one attached hydrogen (secondary N) is 1. The molecule has 0 atom stereocenters. The average molecular weight is 215 g/mol. The number of hydrogen-bond acceptors (Lipinski definition) is 4. The van der Waals surface area contributed by atoms with E-state index in [0.717, 1.165) is 12.8 Å². The van der Waals surface area contributed by atoms with E-state index in [9.17, 15) is 9.59 Å². The Kier molecular flexibility index (Phi) is 8.13. The lowest BCUT2D eigenvalue weighted by molar-refractivity contribution is -0.142. The summed E-state index contributed by atoms with van der Waals surface area (Å²) < 4.78 is 9.40. The van der Waals surface area contributed by atoms with Crippen LogP contribution in [0.3, 0.4) is 0 Å². The first kappa shape index (κ1) is 13.5. The normalized spacial score (nSPS) is 9.13. The molecule has 1 amide bonds. The van der Waals surface area contributed by atoms with Gasteiger partial charge in [0.1, 0.15) is 13.2 Å². The van der Waals surface area contributed by atoms with Gasteiger partial charge < -0.3 is 14.8 Å². The van der Waals surface area contributed by atoms with Crippen LogP contribution < -0.4 is 5.32 Å². The monoisotopic (exact) mass is 215 g/mol. The van der Waals surface area contributed by atoms with E-state index in [1.165, 1.54) is 6.08 Å². The third-order valence-electron chi connectivity index (χ3n) is 1.47. The molecule has 15 heavy (non-hydrogen) atoms. The summed E-state index contributed by atoms with van der Waals surface area (Å²) in [6, 6.07) is 0. The zero-order chi connectivity index (χ0) is 11.5. The SMILES string of the molecule is C=CCOC(=O)NCC(=O)OCCCC. The second kappa shape index (κ2) is 9.05. The van der Waals surface area contributed by atoms with E-state index in [0.29, 0.717) is 6.61 Å². The summed E-state index contributed by atoms with van der Waals surface area (Å²) in [5.41, 5.74) is 0. The highest BCUT2D eigenvalue weighted by molar-refractivity contribution is 5.77. The molecule has 0 fully saturated rings. The van der Waals surface area contributed by atoms with Gasteiger partial charge in [-0.1, -0.05) is 26.0 Å². The third-order valence-corrected chi connectivity index (χ3v) is 1.47. The van der Waals surface area contributed by atoms with Crippen LogP contribution in [0.4, 0.5) is 4.79 Å². The van der Waals surface area contributed by atoms with Crippen molar-refractivity contribution in [3.63, 3.8) is 0 Å². The zero-order valence-corrected chi connectivity index (χ0v) is 8.95. The second-order valence-corrected chi connectivity index (χ2v) is 2.81. The van der Waals surface area contributed by atoms with Gasteiger partial charge in [-0.15, -0.1) is 0 Å². The van der Waals surface area contributed by atoms with Crippen LogP contribution >= 0.6 is 0 Å². The molecule has 1 N–H and O–H groups in total. The van der Waals surface area contributed by atoms with E-state index in [2.05, 4.69) is 16.6 Å². The lowest BCUT2D eigenvalue weighted by Crippen LogP contribution is -2.31. The minimum Gasteiger partial charge on any atom is -0.464 e. The van der Waals surface area contributed by atoms with Gasteiger partial charge in [-0.2, -0.15) is 0 Å². The molecule has 0 aliphatic rings. The fraction of sp³-hybridized carbons (Fsp3) is 0.600. The predicted molar refractivity (Wildman–Crippen MR) is 55.4 cm³/mol. The first-order valence-corrected chi connectivity index (χ1v) is 4.87. The first-order valence-electron chi connectivity index (χ1n) is 4.87. The van der Waals surface area contributed by atoms with E-state index in [1.54, 1.807) is 0 Å². The molecule has 0 rings (SSSR count). The Balaban J connectivity index is 3.44. The molecule has 0 aromatic rings. The van der Waals surface area contributed by atoms with Gasteiger partial charge in [0.15, 0.2) is 0 Å². The van der Waals surface area contributed by atoms with Crippen LogP contribution in [0.15, 0.2) is 12.7 Å². The van der Waals surface area contributed by atoms with Crippen molar-refractivity contribution >= 4 is 12.1 Å². The number of unbranched alkanes of at least 4 members (excludes halogenated alkanes) is 1. The fourth-order valence-corrected chi connectivity index (χ4v) is 0.711. The van der Waals surface area contributed by atoms with Gasteiger partial charge in [-0.25, -0.2) is 4.79 Å². The van der Waals surface area contributed by atoms with Crippen LogP contribution in [0.5, 0.6) is 0 Å². The van der Waals surface area contributed by atoms with E-state index in [4.69, 9.17) is 4.74 Å². The Hall–Kier alpha value is -1.52. The van der Waals surface area contributed by atoms with Gasteiger partial charge in [0.2, 0.25) is 0 Å². The average Bonchev–Trinajstić information content (AvgIpc) is 2.24. The van der Waals surface area contributed by atoms with Crippen molar-refractivity contribution in [1.82, 2.24) is 5.32 Å². The largest absolute Gasteiger partial charge is 0.464 e. The number of carbonyl (C=O) groups excluding carboxylic acids is 2. The zero-order valence-electron chi connectivity index (χ0n) is 8.95. The molecule has 0 heterocycles. The van der Waals surface area contributed by atoms with E-state index < -0.39 is 12.1 Å². The van der Waals surface area contributed by atoms with Crippen LogP contribution in [-0.2, 0) is 14.3 Å². The number of esters is 1. The molecular formula is C10H17NO4. The van der Waals surface area contributed by atoms with Crippen LogP contribution in [-0.4, -0.2) is 31.8 Å². The number of carbonyl (C=O) groups is 2. The van der Waals surface area contributed by atoms with Crippen molar-refractivity contribution in [2.75, 3.05) is 19.8 Å². The summed E-state index contributed by atoms with van der Waals surface area (Å²) >= 11 is 0. The molecular weight excluding hydrogens is 198 g/mol. The topological polar surface area (TPSA) is 64.6 Å². The lowest BCUT2D eigenvalue weighted by atomic mass is 10.4. The lowest BCUT2D eigenvalue weighted by Gasteiger charge is -2.05. The maximum absolute atomic E-state index is 11.0. The summed E-state index contributed by atoms with van der Waals surface area (Å²) in [6.07, 6.45) is 2.58. The number of amides is 1. The van der Waals surface area contributed by atoms with Crippen molar-refractivity contribution in [3.8, 4) is 0 Å². The molecule has 86 valence electrons. The highest BCUT2D eigenvalue weighted by Gasteiger charge is 2.05. The van der Waals surface area contributed by atoms with Crippen LogP contribution in [0.2, 0.25) is 0 Å². The molecule has 5 nitrogen and oxygen atoms in total. The van der Waals surface area contributed by atoms with Crippen LogP contribution in [0.1, 0.15) is 19.8 Å². The van der Waals surface area contributed by atoms with E-state index in [-0.39, 0.29) is 13.2 Å². The molecule has 0 bridgehead atoms. The van der Waals surface area contributed by atoms with Gasteiger partial charge in [0, 0.05) is 0 Å². The van der Waals surface area contributed by atoms with Gasteiger partial charge in [-0.05, 0) is 6.42 Å². The molecule has 0 spiro atoms. The summed E-state index contributed by atoms with van der Waals surface area (Å²) in [4.78, 5) is 21.8. The van der Waals surface area contributed by atoms with Crippen molar-refractivity contribution in [1.29, 1.82) is 0 Å². The smallest absolute Gasteiger partial charge is 0.407 e. The number of hydrogen-bond donors (Lipinski definition) is 1. The van der Waals surface area contributed by atoms with Crippen LogP contribution in [0.25, 0.3) is 0 Å². The summed E-state index contributed by atoms with van der Waals surface area (Å²) in [6.45, 7) is 5.72. The van der Waals surface area contributed by atoms with E-state index >= 15 is 0 Å². The van der Waals surface area contributed by atoms with Gasteiger partial charge >= 0.3 is 12.1 Å². The Morgan fingerprint density at radius 1 is 1.40 bits per heavy atom. The molecule has 0 aliphatic carbocycles. The first-order chi connectivity index (χ1) is 7.20. The molecule has 5 heteroatoms. The van der Waals surface area contributed by atoms with Crippen molar-refractivity contribution in [3.05, 3.63) is 12.7 Å². The predicted octanol–water partition coefficient (Wildman–Crippen LogP) is 1.24. The molecule has 0 unspecified atom stereocenters. The Morgan fingerprint density at radius 3 is 2.73 bits per heavy atom.